The molecule has 2 amide bonds. The van der Waals surface area contributed by atoms with Crippen molar-refractivity contribution in [2.45, 2.75) is 68.2 Å². The Bertz CT molecular complexity index is 969. The lowest BCUT2D eigenvalue weighted by Crippen LogP contribution is -2.36. The second-order valence-electron chi connectivity index (χ2n) is 9.18. The van der Waals surface area contributed by atoms with Gasteiger partial charge in [-0.15, -0.1) is 0 Å². The summed E-state index contributed by atoms with van der Waals surface area (Å²) in [6.07, 6.45) is 5.75. The number of nitrogens with one attached hydrogen (secondary N) is 1. The molecule has 1 aromatic carbocycles. The lowest BCUT2D eigenvalue weighted by Gasteiger charge is -2.37. The topological polar surface area (TPSA) is 62.3 Å². The predicted octanol–water partition coefficient (Wildman–Crippen LogP) is 4.73. The van der Waals surface area contributed by atoms with Crippen molar-refractivity contribution in [3.8, 4) is 0 Å². The third kappa shape index (κ3) is 4.64. The Morgan fingerprint density at radius 1 is 1.16 bits per heavy atom. The Balaban J connectivity index is 1.50. The van der Waals surface area contributed by atoms with Gasteiger partial charge >= 0.3 is 0 Å². The van der Waals surface area contributed by atoms with E-state index in [1.165, 1.54) is 22.9 Å². The summed E-state index contributed by atoms with van der Waals surface area (Å²) in [5.41, 5.74) is 3.15. The summed E-state index contributed by atoms with van der Waals surface area (Å²) in [6, 6.07) is 12.0. The number of pyridine rings is 1. The van der Waals surface area contributed by atoms with Gasteiger partial charge in [0.2, 0.25) is 5.91 Å². The van der Waals surface area contributed by atoms with Gasteiger partial charge in [-0.3, -0.25) is 9.59 Å². The first-order valence-electron chi connectivity index (χ1n) is 11.2. The van der Waals surface area contributed by atoms with Crippen molar-refractivity contribution < 1.29 is 9.59 Å². The van der Waals surface area contributed by atoms with Crippen LogP contribution in [-0.2, 0) is 10.2 Å². The van der Waals surface area contributed by atoms with Crippen LogP contribution in [0.4, 0.5) is 0 Å². The molecule has 2 atom stereocenters. The minimum atomic E-state index is -0.268. The van der Waals surface area contributed by atoms with Crippen molar-refractivity contribution in [2.75, 3.05) is 13.1 Å². The van der Waals surface area contributed by atoms with Gasteiger partial charge in [0.1, 0.15) is 5.03 Å². The summed E-state index contributed by atoms with van der Waals surface area (Å²) in [7, 11) is 0. The zero-order chi connectivity index (χ0) is 22.0. The molecule has 1 fully saturated rings. The highest BCUT2D eigenvalue weighted by Crippen LogP contribution is 2.41. The van der Waals surface area contributed by atoms with Crippen LogP contribution >= 0.6 is 11.8 Å². The predicted molar refractivity (Wildman–Crippen MR) is 124 cm³/mol. The van der Waals surface area contributed by atoms with E-state index in [0.29, 0.717) is 10.6 Å². The third-order valence-corrected chi connectivity index (χ3v) is 7.60. The molecular weight excluding hydrogens is 406 g/mol. The number of fused-ring (bicyclic) bond motifs is 1. The number of aromatic nitrogens is 1. The fraction of sp³-hybridized carbons (Fsp3) is 0.480. The number of carbonyl (C=O) groups is 2. The average molecular weight is 438 g/mol. The summed E-state index contributed by atoms with van der Waals surface area (Å²) in [5.74, 6) is -0.00104. The number of benzene rings is 1. The molecule has 0 radical (unpaired) electrons. The zero-order valence-electron chi connectivity index (χ0n) is 18.6. The Morgan fingerprint density at radius 2 is 1.90 bits per heavy atom. The van der Waals surface area contributed by atoms with Gasteiger partial charge in [-0.1, -0.05) is 49.9 Å². The number of hydrogen-bond donors (Lipinski definition) is 1. The van der Waals surface area contributed by atoms with E-state index in [-0.39, 0.29) is 28.5 Å². The maximum atomic E-state index is 13.3. The molecule has 1 saturated heterocycles. The van der Waals surface area contributed by atoms with Crippen molar-refractivity contribution in [1.82, 2.24) is 15.2 Å². The molecule has 5 nitrogen and oxygen atoms in total. The van der Waals surface area contributed by atoms with Gasteiger partial charge in [-0.25, -0.2) is 4.98 Å². The first kappa shape index (κ1) is 21.9. The van der Waals surface area contributed by atoms with Crippen LogP contribution in [0.15, 0.2) is 47.6 Å². The van der Waals surface area contributed by atoms with Crippen LogP contribution < -0.4 is 5.32 Å². The fourth-order valence-electron chi connectivity index (χ4n) is 4.67. The molecule has 0 saturated carbocycles. The molecular formula is C25H31N3O2S. The molecule has 2 unspecified atom stereocenters. The van der Waals surface area contributed by atoms with E-state index >= 15 is 0 Å². The lowest BCUT2D eigenvalue weighted by atomic mass is 9.71. The molecule has 1 aromatic heterocycles. The molecule has 164 valence electrons. The van der Waals surface area contributed by atoms with E-state index in [2.05, 4.69) is 42.3 Å². The summed E-state index contributed by atoms with van der Waals surface area (Å²) in [5, 5.41) is 3.59. The Morgan fingerprint density at radius 3 is 2.68 bits per heavy atom. The molecule has 31 heavy (non-hydrogen) atoms. The normalized spacial score (nSPS) is 20.7. The molecule has 2 aromatic rings. The van der Waals surface area contributed by atoms with Crippen molar-refractivity contribution in [3.05, 3.63) is 59.3 Å². The first-order valence-corrected chi connectivity index (χ1v) is 12.1. The molecule has 6 heteroatoms. The van der Waals surface area contributed by atoms with Gasteiger partial charge < -0.3 is 10.2 Å². The van der Waals surface area contributed by atoms with Crippen LogP contribution in [0.5, 0.6) is 0 Å². The van der Waals surface area contributed by atoms with E-state index in [4.69, 9.17) is 0 Å². The van der Waals surface area contributed by atoms with Gasteiger partial charge in [-0.2, -0.15) is 0 Å². The Hall–Kier alpha value is -2.34. The first-order chi connectivity index (χ1) is 14.9. The third-order valence-electron chi connectivity index (χ3n) is 6.50. The number of rotatable bonds is 5. The fourth-order valence-corrected chi connectivity index (χ4v) is 5.66. The van der Waals surface area contributed by atoms with E-state index in [0.717, 1.165) is 38.8 Å². The highest BCUT2D eigenvalue weighted by molar-refractivity contribution is 8.00. The number of thioether (sulfide) groups is 1. The maximum absolute atomic E-state index is 13.3. The van der Waals surface area contributed by atoms with Gasteiger partial charge in [0.25, 0.3) is 5.91 Å². The van der Waals surface area contributed by atoms with Crippen LogP contribution in [0.2, 0.25) is 0 Å². The molecule has 2 heterocycles. The number of amides is 2. The Labute approximate surface area is 189 Å². The van der Waals surface area contributed by atoms with Crippen LogP contribution in [-0.4, -0.2) is 40.0 Å². The SMILES string of the molecule is CC(Sc1ncccc1C(=O)NC1CCC(C)(C)c2ccccc21)C(=O)N1CCCC1. The van der Waals surface area contributed by atoms with Gasteiger partial charge in [0, 0.05) is 19.3 Å². The van der Waals surface area contributed by atoms with E-state index in [1.54, 1.807) is 18.3 Å². The second-order valence-corrected chi connectivity index (χ2v) is 10.5. The lowest BCUT2D eigenvalue weighted by molar-refractivity contribution is -0.129. The smallest absolute Gasteiger partial charge is 0.254 e. The van der Waals surface area contributed by atoms with Gasteiger partial charge in [0.15, 0.2) is 0 Å². The summed E-state index contributed by atoms with van der Waals surface area (Å²) >= 11 is 1.38. The highest BCUT2D eigenvalue weighted by atomic mass is 32.2. The average Bonchev–Trinajstić information content (AvgIpc) is 3.30. The van der Waals surface area contributed by atoms with Crippen LogP contribution in [0.3, 0.4) is 0 Å². The molecule has 1 N–H and O–H groups in total. The molecule has 1 aliphatic carbocycles. The van der Waals surface area contributed by atoms with Crippen LogP contribution in [0.1, 0.15) is 74.0 Å². The van der Waals surface area contributed by atoms with Crippen LogP contribution in [0, 0.1) is 0 Å². The molecule has 4 rings (SSSR count). The van der Waals surface area contributed by atoms with Crippen molar-refractivity contribution in [3.63, 3.8) is 0 Å². The van der Waals surface area contributed by atoms with E-state index in [9.17, 15) is 9.59 Å². The number of likely N-dealkylation sites (tertiary alicyclic amines) is 1. The molecule has 2 aliphatic rings. The molecule has 0 bridgehead atoms. The number of carbonyl (C=O) groups excluding carboxylic acids is 2. The number of nitrogens with zero attached hydrogens (tertiary/aromatic N) is 2. The summed E-state index contributed by atoms with van der Waals surface area (Å²) in [4.78, 5) is 32.3. The standard InChI is InChI=1S/C25H31N3O2S/c1-17(24(30)28-15-6-7-16-28)31-23-19(10-8-14-26-23)22(29)27-21-12-13-25(2,3)20-11-5-4-9-18(20)21/h4-5,8-11,14,17,21H,6-7,12-13,15-16H2,1-3H3,(H,27,29). The van der Waals surface area contributed by atoms with Crippen LogP contribution in [0.25, 0.3) is 0 Å². The van der Waals surface area contributed by atoms with E-state index in [1.807, 2.05) is 17.9 Å². The largest absolute Gasteiger partial charge is 0.345 e. The highest BCUT2D eigenvalue weighted by Gasteiger charge is 2.33. The molecule has 0 spiro atoms. The van der Waals surface area contributed by atoms with Crippen molar-refractivity contribution in [1.29, 1.82) is 0 Å². The zero-order valence-corrected chi connectivity index (χ0v) is 19.4. The Kier molecular flexibility index (Phi) is 6.37. The summed E-state index contributed by atoms with van der Waals surface area (Å²) < 4.78 is 0. The number of hydrogen-bond acceptors (Lipinski definition) is 4. The minimum absolute atomic E-state index is 0.0153. The molecule has 1 aliphatic heterocycles. The monoisotopic (exact) mass is 437 g/mol. The van der Waals surface area contributed by atoms with Gasteiger partial charge in [0.05, 0.1) is 16.9 Å². The maximum Gasteiger partial charge on any atom is 0.254 e. The minimum Gasteiger partial charge on any atom is -0.345 e. The second kappa shape index (κ2) is 9.03. The summed E-state index contributed by atoms with van der Waals surface area (Å²) in [6.45, 7) is 8.09. The van der Waals surface area contributed by atoms with Gasteiger partial charge in [-0.05, 0) is 61.3 Å². The quantitative estimate of drug-likeness (QED) is 0.687. The van der Waals surface area contributed by atoms with Crippen molar-refractivity contribution >= 4 is 23.6 Å². The van der Waals surface area contributed by atoms with Crippen molar-refractivity contribution in [2.24, 2.45) is 0 Å². The van der Waals surface area contributed by atoms with E-state index < -0.39 is 0 Å².